The number of halogens is 1. The van der Waals surface area contributed by atoms with Crippen molar-refractivity contribution in [2.24, 2.45) is 0 Å². The van der Waals surface area contributed by atoms with Crippen molar-refractivity contribution in [1.82, 2.24) is 0 Å². The number of piperidine rings is 1. The van der Waals surface area contributed by atoms with Gasteiger partial charge in [-0.1, -0.05) is 0 Å². The Hall–Kier alpha value is -1.98. The molecule has 0 aliphatic carbocycles. The molecule has 1 aliphatic heterocycles. The normalized spacial score (nSPS) is 15.5. The van der Waals surface area contributed by atoms with Crippen LogP contribution in [0, 0.1) is 15.9 Å². The lowest BCUT2D eigenvalue weighted by molar-refractivity contribution is -0.384. The van der Waals surface area contributed by atoms with Crippen molar-refractivity contribution in [2.75, 3.05) is 18.0 Å². The smallest absolute Gasteiger partial charge is 0.293 e. The third kappa shape index (κ3) is 2.32. The standard InChI is InChI=1S/C12H13FN2O3/c13-10-7-11(14-4-2-1-3-5-14)12(15(17)18)6-9(10)8-16/h6-8H,1-5H2. The SMILES string of the molecule is O=Cc1cc([N+](=O)[O-])c(N2CCCCC2)cc1F. The molecule has 1 saturated heterocycles. The van der Waals surface area contributed by atoms with Crippen LogP contribution in [-0.4, -0.2) is 24.3 Å². The number of rotatable bonds is 3. The van der Waals surface area contributed by atoms with E-state index in [9.17, 15) is 19.3 Å². The number of nitro benzene ring substituents is 1. The highest BCUT2D eigenvalue weighted by atomic mass is 19.1. The van der Waals surface area contributed by atoms with Crippen LogP contribution in [0.4, 0.5) is 15.8 Å². The summed E-state index contributed by atoms with van der Waals surface area (Å²) in [5.41, 5.74) is -0.217. The fourth-order valence-corrected chi connectivity index (χ4v) is 2.19. The summed E-state index contributed by atoms with van der Waals surface area (Å²) in [5, 5.41) is 11.0. The van der Waals surface area contributed by atoms with E-state index >= 15 is 0 Å². The zero-order valence-corrected chi connectivity index (χ0v) is 9.76. The molecular weight excluding hydrogens is 239 g/mol. The quantitative estimate of drug-likeness (QED) is 0.471. The van der Waals surface area contributed by atoms with Crippen LogP contribution in [0.15, 0.2) is 12.1 Å². The number of hydrogen-bond acceptors (Lipinski definition) is 4. The molecule has 0 bridgehead atoms. The molecule has 1 aromatic rings. The van der Waals surface area contributed by atoms with E-state index in [0.29, 0.717) is 19.4 Å². The number of hydrogen-bond donors (Lipinski definition) is 0. The zero-order valence-electron chi connectivity index (χ0n) is 9.76. The Morgan fingerprint density at radius 3 is 2.50 bits per heavy atom. The van der Waals surface area contributed by atoms with Crippen molar-refractivity contribution in [3.05, 3.63) is 33.6 Å². The summed E-state index contributed by atoms with van der Waals surface area (Å²) in [4.78, 5) is 22.8. The molecule has 5 nitrogen and oxygen atoms in total. The minimum Gasteiger partial charge on any atom is -0.366 e. The Labute approximate surface area is 103 Å². The van der Waals surface area contributed by atoms with Gasteiger partial charge in [-0.05, 0) is 19.3 Å². The molecule has 2 rings (SSSR count). The van der Waals surface area contributed by atoms with Gasteiger partial charge in [0.25, 0.3) is 5.69 Å². The summed E-state index contributed by atoms with van der Waals surface area (Å²) in [6.07, 6.45) is 3.25. The van der Waals surface area contributed by atoms with Gasteiger partial charge in [0.2, 0.25) is 0 Å². The summed E-state index contributed by atoms with van der Waals surface area (Å²) in [5.74, 6) is -0.712. The molecule has 0 spiro atoms. The first kappa shape index (κ1) is 12.5. The minimum atomic E-state index is -0.712. The second-order valence-corrected chi connectivity index (χ2v) is 4.29. The van der Waals surface area contributed by atoms with Crippen LogP contribution in [0.3, 0.4) is 0 Å². The maximum absolute atomic E-state index is 13.6. The Morgan fingerprint density at radius 1 is 1.28 bits per heavy atom. The highest BCUT2D eigenvalue weighted by Gasteiger charge is 2.23. The highest BCUT2D eigenvalue weighted by Crippen LogP contribution is 2.32. The molecule has 0 atom stereocenters. The van der Waals surface area contributed by atoms with E-state index in [1.54, 1.807) is 4.90 Å². The summed E-state index contributed by atoms with van der Waals surface area (Å²) >= 11 is 0. The predicted molar refractivity (Wildman–Crippen MR) is 64.5 cm³/mol. The van der Waals surface area contributed by atoms with E-state index < -0.39 is 10.7 Å². The lowest BCUT2D eigenvalue weighted by atomic mass is 10.1. The first-order valence-corrected chi connectivity index (χ1v) is 5.81. The van der Waals surface area contributed by atoms with Gasteiger partial charge in [0.05, 0.1) is 10.5 Å². The highest BCUT2D eigenvalue weighted by molar-refractivity contribution is 5.80. The molecule has 1 heterocycles. The first-order chi connectivity index (χ1) is 8.63. The minimum absolute atomic E-state index is 0.208. The average Bonchev–Trinajstić information content (AvgIpc) is 2.39. The average molecular weight is 252 g/mol. The predicted octanol–water partition coefficient (Wildman–Crippen LogP) is 2.54. The second-order valence-electron chi connectivity index (χ2n) is 4.29. The van der Waals surface area contributed by atoms with Crippen molar-refractivity contribution >= 4 is 17.7 Å². The number of aldehydes is 1. The molecule has 0 aromatic heterocycles. The summed E-state index contributed by atoms with van der Waals surface area (Å²) < 4.78 is 13.6. The molecule has 6 heteroatoms. The lowest BCUT2D eigenvalue weighted by Gasteiger charge is -2.28. The number of nitro groups is 1. The van der Waals surface area contributed by atoms with Crippen LogP contribution in [0.2, 0.25) is 0 Å². The molecule has 1 aromatic carbocycles. The summed E-state index contributed by atoms with van der Waals surface area (Å²) in [6, 6.07) is 2.10. The molecule has 0 amide bonds. The van der Waals surface area contributed by atoms with Crippen molar-refractivity contribution in [3.8, 4) is 0 Å². The molecular formula is C12H13FN2O3. The van der Waals surface area contributed by atoms with Crippen LogP contribution in [0.25, 0.3) is 0 Å². The molecule has 18 heavy (non-hydrogen) atoms. The second kappa shape index (κ2) is 5.12. The summed E-state index contributed by atoms with van der Waals surface area (Å²) in [6.45, 7) is 1.36. The van der Waals surface area contributed by atoms with Gasteiger partial charge < -0.3 is 4.90 Å². The fourth-order valence-electron chi connectivity index (χ4n) is 2.19. The first-order valence-electron chi connectivity index (χ1n) is 5.81. The maximum atomic E-state index is 13.6. The van der Waals surface area contributed by atoms with Crippen molar-refractivity contribution in [1.29, 1.82) is 0 Å². The Kier molecular flexibility index (Phi) is 3.55. The topological polar surface area (TPSA) is 63.4 Å². The third-order valence-electron chi connectivity index (χ3n) is 3.11. The van der Waals surface area contributed by atoms with E-state index in [1.807, 2.05) is 0 Å². The Balaban J connectivity index is 2.46. The van der Waals surface area contributed by atoms with Crippen LogP contribution in [0.5, 0.6) is 0 Å². The molecule has 1 aliphatic rings. The van der Waals surface area contributed by atoms with Gasteiger partial charge in [-0.3, -0.25) is 14.9 Å². The largest absolute Gasteiger partial charge is 0.366 e. The molecule has 0 radical (unpaired) electrons. The van der Waals surface area contributed by atoms with Crippen LogP contribution in [-0.2, 0) is 0 Å². The van der Waals surface area contributed by atoms with Crippen LogP contribution < -0.4 is 4.90 Å². The van der Waals surface area contributed by atoms with Gasteiger partial charge in [0.15, 0.2) is 6.29 Å². The van der Waals surface area contributed by atoms with E-state index in [-0.39, 0.29) is 16.9 Å². The van der Waals surface area contributed by atoms with E-state index in [0.717, 1.165) is 31.4 Å². The van der Waals surface area contributed by atoms with Crippen molar-refractivity contribution in [3.63, 3.8) is 0 Å². The number of benzene rings is 1. The molecule has 0 N–H and O–H groups in total. The molecule has 1 fully saturated rings. The third-order valence-corrected chi connectivity index (χ3v) is 3.11. The Bertz CT molecular complexity index is 484. The van der Waals surface area contributed by atoms with Gasteiger partial charge in [-0.15, -0.1) is 0 Å². The van der Waals surface area contributed by atoms with Gasteiger partial charge in [-0.25, -0.2) is 4.39 Å². The maximum Gasteiger partial charge on any atom is 0.293 e. The Morgan fingerprint density at radius 2 is 1.94 bits per heavy atom. The summed E-state index contributed by atoms with van der Waals surface area (Å²) in [7, 11) is 0. The zero-order chi connectivity index (χ0) is 13.1. The van der Waals surface area contributed by atoms with Gasteiger partial charge >= 0.3 is 0 Å². The molecule has 0 unspecified atom stereocenters. The van der Waals surface area contributed by atoms with E-state index in [1.165, 1.54) is 0 Å². The lowest BCUT2D eigenvalue weighted by Crippen LogP contribution is -2.30. The van der Waals surface area contributed by atoms with Crippen molar-refractivity contribution < 1.29 is 14.1 Å². The number of carbonyl (C=O) groups excluding carboxylic acids is 1. The fraction of sp³-hybridized carbons (Fsp3) is 0.417. The number of anilines is 1. The monoisotopic (exact) mass is 252 g/mol. The van der Waals surface area contributed by atoms with Crippen molar-refractivity contribution in [2.45, 2.75) is 19.3 Å². The number of nitrogens with zero attached hydrogens (tertiary/aromatic N) is 2. The van der Waals surface area contributed by atoms with E-state index in [2.05, 4.69) is 0 Å². The molecule has 96 valence electrons. The number of carbonyl (C=O) groups is 1. The van der Waals surface area contributed by atoms with Crippen LogP contribution >= 0.6 is 0 Å². The van der Waals surface area contributed by atoms with Gasteiger partial charge in [0, 0.05) is 25.2 Å². The van der Waals surface area contributed by atoms with E-state index in [4.69, 9.17) is 0 Å². The van der Waals surface area contributed by atoms with Gasteiger partial charge in [-0.2, -0.15) is 0 Å². The molecule has 0 saturated carbocycles. The van der Waals surface area contributed by atoms with Gasteiger partial charge in [0.1, 0.15) is 11.5 Å². The van der Waals surface area contributed by atoms with Crippen LogP contribution in [0.1, 0.15) is 29.6 Å².